The van der Waals surface area contributed by atoms with Crippen molar-refractivity contribution in [2.45, 2.75) is 25.7 Å². The molecule has 1 aromatic rings. The summed E-state index contributed by atoms with van der Waals surface area (Å²) in [7, 11) is 0. The maximum absolute atomic E-state index is 10.7. The molecule has 2 fully saturated rings. The van der Waals surface area contributed by atoms with E-state index in [0.717, 1.165) is 30.0 Å². The number of anilines is 2. The average Bonchev–Trinajstić information content (AvgIpc) is 3.25. The molecular weight excluding hydrogens is 242 g/mol. The van der Waals surface area contributed by atoms with Gasteiger partial charge in [0, 0.05) is 18.7 Å². The van der Waals surface area contributed by atoms with Crippen molar-refractivity contribution in [2.24, 2.45) is 17.8 Å². The summed E-state index contributed by atoms with van der Waals surface area (Å²) in [6, 6.07) is 4.64. The number of rotatable bonds is 6. The zero-order valence-electron chi connectivity index (χ0n) is 10.8. The van der Waals surface area contributed by atoms with Crippen molar-refractivity contribution in [2.75, 3.05) is 17.6 Å². The zero-order chi connectivity index (χ0) is 13.4. The standard InChI is InChI=1S/C14H19N3O2/c15-13-7-11(17(18)19)5-6-14(13)16-8-12(9-1-2-9)10-3-4-10/h5-7,9-10,12,16H,1-4,8,15H2. The van der Waals surface area contributed by atoms with E-state index < -0.39 is 4.92 Å². The van der Waals surface area contributed by atoms with Gasteiger partial charge in [-0.25, -0.2) is 0 Å². The first-order valence-electron chi connectivity index (χ1n) is 6.93. The molecule has 0 atom stereocenters. The number of hydrogen-bond acceptors (Lipinski definition) is 4. The van der Waals surface area contributed by atoms with Crippen LogP contribution in [0, 0.1) is 27.9 Å². The Morgan fingerprint density at radius 3 is 2.42 bits per heavy atom. The predicted molar refractivity (Wildman–Crippen MR) is 74.9 cm³/mol. The van der Waals surface area contributed by atoms with Crippen molar-refractivity contribution in [3.05, 3.63) is 28.3 Å². The van der Waals surface area contributed by atoms with Gasteiger partial charge in [0.25, 0.3) is 5.69 Å². The van der Waals surface area contributed by atoms with E-state index >= 15 is 0 Å². The lowest BCUT2D eigenvalue weighted by atomic mass is 9.98. The minimum atomic E-state index is -0.419. The maximum atomic E-state index is 10.7. The molecule has 0 bridgehead atoms. The third-order valence-electron chi connectivity index (χ3n) is 4.23. The first kappa shape index (κ1) is 12.3. The van der Waals surface area contributed by atoms with Crippen molar-refractivity contribution >= 4 is 17.1 Å². The van der Waals surface area contributed by atoms with Gasteiger partial charge in [0.2, 0.25) is 0 Å². The van der Waals surface area contributed by atoms with Crippen LogP contribution in [0.4, 0.5) is 17.1 Å². The van der Waals surface area contributed by atoms with Gasteiger partial charge in [-0.15, -0.1) is 0 Å². The highest BCUT2D eigenvalue weighted by molar-refractivity contribution is 5.69. The third-order valence-corrected chi connectivity index (χ3v) is 4.23. The molecule has 5 heteroatoms. The lowest BCUT2D eigenvalue weighted by molar-refractivity contribution is -0.384. The normalized spacial score (nSPS) is 18.6. The second-order valence-corrected chi connectivity index (χ2v) is 5.75. The first-order chi connectivity index (χ1) is 9.15. The van der Waals surface area contributed by atoms with Gasteiger partial charge < -0.3 is 11.1 Å². The molecule has 0 aliphatic heterocycles. The smallest absolute Gasteiger partial charge is 0.271 e. The van der Waals surface area contributed by atoms with Crippen LogP contribution in [0.1, 0.15) is 25.7 Å². The van der Waals surface area contributed by atoms with E-state index in [1.165, 1.54) is 37.8 Å². The lowest BCUT2D eigenvalue weighted by Gasteiger charge is -2.17. The summed E-state index contributed by atoms with van der Waals surface area (Å²) in [5.74, 6) is 2.54. The van der Waals surface area contributed by atoms with Crippen molar-refractivity contribution in [3.8, 4) is 0 Å². The molecule has 0 unspecified atom stereocenters. The SMILES string of the molecule is Nc1cc([N+](=O)[O-])ccc1NCC(C1CC1)C1CC1. The van der Waals surface area contributed by atoms with E-state index in [9.17, 15) is 10.1 Å². The van der Waals surface area contributed by atoms with E-state index in [1.54, 1.807) is 6.07 Å². The fraction of sp³-hybridized carbons (Fsp3) is 0.571. The molecule has 0 radical (unpaired) electrons. The van der Waals surface area contributed by atoms with Crippen LogP contribution in [-0.4, -0.2) is 11.5 Å². The molecule has 0 aromatic heterocycles. The Kier molecular flexibility index (Phi) is 3.05. The van der Waals surface area contributed by atoms with Crippen LogP contribution in [0.5, 0.6) is 0 Å². The molecular formula is C14H19N3O2. The highest BCUT2D eigenvalue weighted by Crippen LogP contribution is 2.49. The summed E-state index contributed by atoms with van der Waals surface area (Å²) in [5, 5.41) is 14.0. The van der Waals surface area contributed by atoms with Crippen molar-refractivity contribution in [1.29, 1.82) is 0 Å². The summed E-state index contributed by atoms with van der Waals surface area (Å²) < 4.78 is 0. The summed E-state index contributed by atoms with van der Waals surface area (Å²) in [6.07, 6.45) is 5.44. The zero-order valence-corrected chi connectivity index (χ0v) is 10.8. The van der Waals surface area contributed by atoms with Gasteiger partial charge in [-0.05, 0) is 49.5 Å². The van der Waals surface area contributed by atoms with Crippen molar-refractivity contribution in [1.82, 2.24) is 0 Å². The number of nitrogen functional groups attached to an aromatic ring is 1. The number of non-ortho nitro benzene ring substituents is 1. The molecule has 3 N–H and O–H groups in total. The van der Waals surface area contributed by atoms with Gasteiger partial charge >= 0.3 is 0 Å². The molecule has 2 saturated carbocycles. The van der Waals surface area contributed by atoms with Crippen LogP contribution in [0.2, 0.25) is 0 Å². The Bertz CT molecular complexity index is 483. The molecule has 102 valence electrons. The summed E-state index contributed by atoms with van der Waals surface area (Å²) in [5.41, 5.74) is 7.18. The van der Waals surface area contributed by atoms with E-state index in [0.29, 0.717) is 5.69 Å². The number of nitrogens with two attached hydrogens (primary N) is 1. The Morgan fingerprint density at radius 1 is 1.32 bits per heavy atom. The maximum Gasteiger partial charge on any atom is 0.271 e. The second-order valence-electron chi connectivity index (χ2n) is 5.75. The Morgan fingerprint density at radius 2 is 1.95 bits per heavy atom. The van der Waals surface area contributed by atoms with Crippen LogP contribution in [-0.2, 0) is 0 Å². The van der Waals surface area contributed by atoms with Crippen LogP contribution in [0.25, 0.3) is 0 Å². The number of benzene rings is 1. The molecule has 1 aromatic carbocycles. The number of nitro groups is 1. The topological polar surface area (TPSA) is 81.2 Å². The van der Waals surface area contributed by atoms with E-state index in [4.69, 9.17) is 5.73 Å². The van der Waals surface area contributed by atoms with Gasteiger partial charge in [0.05, 0.1) is 16.3 Å². The van der Waals surface area contributed by atoms with Crippen molar-refractivity contribution in [3.63, 3.8) is 0 Å². The largest absolute Gasteiger partial charge is 0.397 e. The first-order valence-corrected chi connectivity index (χ1v) is 6.93. The van der Waals surface area contributed by atoms with Crippen LogP contribution < -0.4 is 11.1 Å². The van der Waals surface area contributed by atoms with Gasteiger partial charge in [0.1, 0.15) is 0 Å². The van der Waals surface area contributed by atoms with Crippen LogP contribution in [0.3, 0.4) is 0 Å². The summed E-state index contributed by atoms with van der Waals surface area (Å²) >= 11 is 0. The fourth-order valence-corrected chi connectivity index (χ4v) is 2.82. The molecule has 3 rings (SSSR count). The minimum Gasteiger partial charge on any atom is -0.397 e. The molecule has 0 heterocycles. The Labute approximate surface area is 112 Å². The number of nitro benzene ring substituents is 1. The molecule has 2 aliphatic carbocycles. The minimum absolute atomic E-state index is 0.0454. The Balaban J connectivity index is 1.64. The number of nitrogens with one attached hydrogen (secondary N) is 1. The van der Waals surface area contributed by atoms with Gasteiger partial charge in [-0.3, -0.25) is 10.1 Å². The van der Waals surface area contributed by atoms with Gasteiger partial charge in [0.15, 0.2) is 0 Å². The molecule has 19 heavy (non-hydrogen) atoms. The molecule has 2 aliphatic rings. The molecule has 0 saturated heterocycles. The Hall–Kier alpha value is -1.78. The quantitative estimate of drug-likeness (QED) is 0.468. The number of hydrogen-bond donors (Lipinski definition) is 2. The lowest BCUT2D eigenvalue weighted by Crippen LogP contribution is -2.18. The van der Waals surface area contributed by atoms with E-state index in [1.807, 2.05) is 0 Å². The molecule has 0 spiro atoms. The third kappa shape index (κ3) is 2.80. The van der Waals surface area contributed by atoms with E-state index in [-0.39, 0.29) is 5.69 Å². The van der Waals surface area contributed by atoms with E-state index in [2.05, 4.69) is 5.32 Å². The number of nitrogens with zero attached hydrogens (tertiary/aromatic N) is 1. The van der Waals surface area contributed by atoms with Crippen LogP contribution in [0.15, 0.2) is 18.2 Å². The molecule has 5 nitrogen and oxygen atoms in total. The summed E-state index contributed by atoms with van der Waals surface area (Å²) in [4.78, 5) is 10.2. The monoisotopic (exact) mass is 261 g/mol. The van der Waals surface area contributed by atoms with Gasteiger partial charge in [-0.1, -0.05) is 0 Å². The summed E-state index contributed by atoms with van der Waals surface area (Å²) in [6.45, 7) is 0.942. The molecule has 0 amide bonds. The second kappa shape index (κ2) is 4.72. The highest BCUT2D eigenvalue weighted by Gasteiger charge is 2.41. The highest BCUT2D eigenvalue weighted by atomic mass is 16.6. The fourth-order valence-electron chi connectivity index (χ4n) is 2.82. The average molecular weight is 261 g/mol. The van der Waals surface area contributed by atoms with Gasteiger partial charge in [-0.2, -0.15) is 0 Å². The van der Waals surface area contributed by atoms with Crippen molar-refractivity contribution < 1.29 is 4.92 Å². The predicted octanol–water partition coefficient (Wildman–Crippen LogP) is 3.03. The van der Waals surface area contributed by atoms with Crippen LogP contribution >= 0.6 is 0 Å².